The van der Waals surface area contributed by atoms with Gasteiger partial charge in [-0.25, -0.2) is 0 Å². The predicted molar refractivity (Wildman–Crippen MR) is 110 cm³/mol. The van der Waals surface area contributed by atoms with Crippen LogP contribution in [0, 0.1) is 20.8 Å². The number of nitrogens with one attached hydrogen (secondary N) is 2. The van der Waals surface area contributed by atoms with E-state index in [0.29, 0.717) is 12.1 Å². The third-order valence-corrected chi connectivity index (χ3v) is 4.60. The predicted octanol–water partition coefficient (Wildman–Crippen LogP) is 4.19. The molecule has 1 heterocycles. The second-order valence-corrected chi connectivity index (χ2v) is 6.81. The highest BCUT2D eigenvalue weighted by molar-refractivity contribution is 6.05. The number of carbonyl (C=O) groups excluding carboxylic acids is 2. The van der Waals surface area contributed by atoms with Gasteiger partial charge >= 0.3 is 0 Å². The van der Waals surface area contributed by atoms with Crippen LogP contribution >= 0.6 is 0 Å². The van der Waals surface area contributed by atoms with E-state index in [4.69, 9.17) is 0 Å². The first kappa shape index (κ1) is 19.3. The zero-order chi connectivity index (χ0) is 20.1. The summed E-state index contributed by atoms with van der Waals surface area (Å²) in [6, 6.07) is 16.8. The van der Waals surface area contributed by atoms with E-state index in [1.54, 1.807) is 6.07 Å². The molecule has 2 aromatic carbocycles. The lowest BCUT2D eigenvalue weighted by molar-refractivity contribution is 0.0950. The van der Waals surface area contributed by atoms with Crippen LogP contribution in [0.2, 0.25) is 0 Å². The quantitative estimate of drug-likeness (QED) is 0.704. The van der Waals surface area contributed by atoms with Gasteiger partial charge in [-0.2, -0.15) is 0 Å². The number of carbonyl (C=O) groups is 2. The molecule has 0 radical (unpaired) electrons. The van der Waals surface area contributed by atoms with Crippen LogP contribution in [0.5, 0.6) is 0 Å². The van der Waals surface area contributed by atoms with Gasteiger partial charge in [0.05, 0.1) is 0 Å². The van der Waals surface area contributed by atoms with E-state index in [9.17, 15) is 9.59 Å². The van der Waals surface area contributed by atoms with Crippen molar-refractivity contribution in [2.24, 2.45) is 0 Å². The zero-order valence-corrected chi connectivity index (χ0v) is 16.2. The number of anilines is 1. The van der Waals surface area contributed by atoms with Crippen LogP contribution in [-0.4, -0.2) is 16.8 Å². The number of hydrogen-bond donors (Lipinski definition) is 2. The van der Waals surface area contributed by atoms with Crippen LogP contribution in [-0.2, 0) is 6.54 Å². The molecule has 0 spiro atoms. The summed E-state index contributed by atoms with van der Waals surface area (Å²) in [7, 11) is 0. The molecule has 0 aliphatic heterocycles. The highest BCUT2D eigenvalue weighted by Crippen LogP contribution is 2.17. The van der Waals surface area contributed by atoms with Gasteiger partial charge in [-0.3, -0.25) is 14.6 Å². The van der Waals surface area contributed by atoms with Gasteiger partial charge in [0.15, 0.2) is 0 Å². The van der Waals surface area contributed by atoms with Gasteiger partial charge in [-0.05, 0) is 61.2 Å². The van der Waals surface area contributed by atoms with Crippen molar-refractivity contribution in [3.05, 3.63) is 94.3 Å². The van der Waals surface area contributed by atoms with Crippen LogP contribution in [0.3, 0.4) is 0 Å². The summed E-state index contributed by atoms with van der Waals surface area (Å²) in [5.41, 5.74) is 5.52. The third-order valence-electron chi connectivity index (χ3n) is 4.60. The average molecular weight is 373 g/mol. The minimum absolute atomic E-state index is 0.199. The zero-order valence-electron chi connectivity index (χ0n) is 16.2. The van der Waals surface area contributed by atoms with Gasteiger partial charge in [0.2, 0.25) is 0 Å². The van der Waals surface area contributed by atoms with E-state index >= 15 is 0 Å². The molecule has 2 amide bonds. The van der Waals surface area contributed by atoms with Crippen molar-refractivity contribution in [1.29, 1.82) is 0 Å². The second-order valence-electron chi connectivity index (χ2n) is 6.81. The van der Waals surface area contributed by atoms with E-state index < -0.39 is 0 Å². The van der Waals surface area contributed by atoms with Gasteiger partial charge in [-0.1, -0.05) is 36.4 Å². The lowest BCUT2D eigenvalue weighted by Gasteiger charge is -2.10. The summed E-state index contributed by atoms with van der Waals surface area (Å²) in [5, 5.41) is 5.76. The molecule has 2 N–H and O–H groups in total. The number of aromatic nitrogens is 1. The summed E-state index contributed by atoms with van der Waals surface area (Å²) in [5.74, 6) is -0.589. The fraction of sp³-hybridized carbons (Fsp3) is 0.174. The van der Waals surface area contributed by atoms with Crippen molar-refractivity contribution in [3.63, 3.8) is 0 Å². The van der Waals surface area contributed by atoms with Crippen molar-refractivity contribution in [2.45, 2.75) is 27.3 Å². The molecule has 1 aromatic heterocycles. The lowest BCUT2D eigenvalue weighted by Crippen LogP contribution is -2.24. The lowest BCUT2D eigenvalue weighted by atomic mass is 10.1. The first-order valence-electron chi connectivity index (χ1n) is 9.11. The molecule has 0 saturated carbocycles. The van der Waals surface area contributed by atoms with E-state index in [2.05, 4.69) is 15.6 Å². The Morgan fingerprint density at radius 3 is 2.46 bits per heavy atom. The summed E-state index contributed by atoms with van der Waals surface area (Å²) in [6.07, 6.45) is 1.47. The first-order valence-corrected chi connectivity index (χ1v) is 9.11. The smallest absolute Gasteiger partial charge is 0.274 e. The minimum atomic E-state index is -0.345. The molecule has 0 fully saturated rings. The number of pyridine rings is 1. The highest BCUT2D eigenvalue weighted by atomic mass is 16.2. The topological polar surface area (TPSA) is 71.1 Å². The third kappa shape index (κ3) is 4.62. The Morgan fingerprint density at radius 1 is 0.893 bits per heavy atom. The molecule has 0 saturated heterocycles. The number of nitrogens with zero attached hydrogens (tertiary/aromatic N) is 1. The Bertz CT molecular complexity index is 1030. The standard InChI is InChI=1S/C23H23N3O2/c1-15-8-9-17(3)20(12-15)26-23(28)21-13-18(10-11-24-21)22(27)25-14-19-7-5-4-6-16(19)2/h4-13H,14H2,1-3H3,(H,25,27)(H,26,28). The maximum absolute atomic E-state index is 12.6. The Morgan fingerprint density at radius 2 is 1.68 bits per heavy atom. The van der Waals surface area contributed by atoms with Gasteiger partial charge in [0.1, 0.15) is 5.69 Å². The second kappa shape index (κ2) is 8.48. The Kier molecular flexibility index (Phi) is 5.84. The van der Waals surface area contributed by atoms with Crippen molar-refractivity contribution < 1.29 is 9.59 Å². The SMILES string of the molecule is Cc1ccc(C)c(NC(=O)c2cc(C(=O)NCc3ccccc3C)ccn2)c1. The average Bonchev–Trinajstić information content (AvgIpc) is 2.70. The van der Waals surface area contributed by atoms with Crippen molar-refractivity contribution in [3.8, 4) is 0 Å². The number of hydrogen-bond acceptors (Lipinski definition) is 3. The number of aryl methyl sites for hydroxylation is 3. The van der Waals surface area contributed by atoms with Gasteiger partial charge < -0.3 is 10.6 Å². The fourth-order valence-electron chi connectivity index (χ4n) is 2.84. The van der Waals surface area contributed by atoms with Crippen LogP contribution in [0.4, 0.5) is 5.69 Å². The molecule has 3 rings (SSSR count). The molecule has 0 aliphatic carbocycles. The molecule has 0 unspecified atom stereocenters. The summed E-state index contributed by atoms with van der Waals surface area (Å²) >= 11 is 0. The number of amides is 2. The normalized spacial score (nSPS) is 10.4. The summed E-state index contributed by atoms with van der Waals surface area (Å²) < 4.78 is 0. The van der Waals surface area contributed by atoms with Crippen molar-refractivity contribution >= 4 is 17.5 Å². The Hall–Kier alpha value is -3.47. The maximum Gasteiger partial charge on any atom is 0.274 e. The van der Waals surface area contributed by atoms with E-state index in [-0.39, 0.29) is 17.5 Å². The highest BCUT2D eigenvalue weighted by Gasteiger charge is 2.13. The van der Waals surface area contributed by atoms with Gasteiger partial charge in [-0.15, -0.1) is 0 Å². The number of rotatable bonds is 5. The Labute approximate surface area is 164 Å². The van der Waals surface area contributed by atoms with Crippen LogP contribution in [0.25, 0.3) is 0 Å². The van der Waals surface area contributed by atoms with E-state index in [1.807, 2.05) is 63.2 Å². The summed E-state index contributed by atoms with van der Waals surface area (Å²) in [4.78, 5) is 29.2. The van der Waals surface area contributed by atoms with Crippen LogP contribution in [0.15, 0.2) is 60.8 Å². The van der Waals surface area contributed by atoms with Crippen molar-refractivity contribution in [2.75, 3.05) is 5.32 Å². The van der Waals surface area contributed by atoms with Crippen molar-refractivity contribution in [1.82, 2.24) is 10.3 Å². The monoisotopic (exact) mass is 373 g/mol. The molecule has 5 heteroatoms. The van der Waals surface area contributed by atoms with E-state index in [1.165, 1.54) is 12.3 Å². The first-order chi connectivity index (χ1) is 13.4. The fourth-order valence-corrected chi connectivity index (χ4v) is 2.84. The van der Waals surface area contributed by atoms with Gasteiger partial charge in [0, 0.05) is 24.0 Å². The Balaban J connectivity index is 1.70. The molecule has 0 aliphatic rings. The van der Waals surface area contributed by atoms with E-state index in [0.717, 1.165) is 27.9 Å². The molecule has 0 atom stereocenters. The minimum Gasteiger partial charge on any atom is -0.348 e. The number of benzene rings is 2. The van der Waals surface area contributed by atoms with Crippen LogP contribution < -0.4 is 10.6 Å². The molecular weight excluding hydrogens is 350 g/mol. The van der Waals surface area contributed by atoms with Crippen LogP contribution in [0.1, 0.15) is 43.1 Å². The molecular formula is C23H23N3O2. The largest absolute Gasteiger partial charge is 0.348 e. The van der Waals surface area contributed by atoms with Gasteiger partial charge in [0.25, 0.3) is 11.8 Å². The summed E-state index contributed by atoms with van der Waals surface area (Å²) in [6.45, 7) is 6.33. The molecule has 0 bridgehead atoms. The molecule has 5 nitrogen and oxygen atoms in total. The molecule has 142 valence electrons. The molecule has 3 aromatic rings. The maximum atomic E-state index is 12.6. The molecule has 28 heavy (non-hydrogen) atoms.